The van der Waals surface area contributed by atoms with Crippen LogP contribution in [0.15, 0.2) is 5.16 Å². The first-order chi connectivity index (χ1) is 5.54. The molecule has 5 heteroatoms. The summed E-state index contributed by atoms with van der Waals surface area (Å²) in [6.07, 6.45) is 0. The maximum atomic E-state index is 11.3. The van der Waals surface area contributed by atoms with E-state index in [9.17, 15) is 4.79 Å². The number of oxime groups is 1. The molecule has 0 aliphatic carbocycles. The molecule has 0 aromatic heterocycles. The van der Waals surface area contributed by atoms with Gasteiger partial charge in [0.2, 0.25) is 5.91 Å². The molecular formula is C7H15N3O2. The number of rotatable bonds is 3. The topological polar surface area (TPSA) is 78.9 Å². The van der Waals surface area contributed by atoms with Crippen molar-refractivity contribution in [2.75, 3.05) is 13.6 Å². The lowest BCUT2D eigenvalue weighted by Crippen LogP contribution is -2.38. The molecule has 1 atom stereocenters. The predicted octanol–water partition coefficient (Wildman–Crippen LogP) is -0.153. The van der Waals surface area contributed by atoms with E-state index in [-0.39, 0.29) is 11.7 Å². The van der Waals surface area contributed by atoms with Gasteiger partial charge in [-0.25, -0.2) is 0 Å². The highest BCUT2D eigenvalue weighted by atomic mass is 16.4. The molecule has 0 radical (unpaired) electrons. The lowest BCUT2D eigenvalue weighted by Gasteiger charge is -2.18. The molecule has 0 saturated heterocycles. The van der Waals surface area contributed by atoms with E-state index in [0.717, 1.165) is 0 Å². The van der Waals surface area contributed by atoms with Crippen LogP contribution < -0.4 is 5.73 Å². The lowest BCUT2D eigenvalue weighted by molar-refractivity contribution is -0.131. The van der Waals surface area contributed by atoms with Crippen LogP contribution in [0.2, 0.25) is 0 Å². The fourth-order valence-electron chi connectivity index (χ4n) is 0.700. The Labute approximate surface area is 71.8 Å². The number of hydrogen-bond donors (Lipinski definition) is 2. The molecule has 0 aliphatic rings. The molecule has 0 fully saturated rings. The predicted molar refractivity (Wildman–Crippen MR) is 45.9 cm³/mol. The first-order valence-electron chi connectivity index (χ1n) is 3.77. The molecular weight excluding hydrogens is 158 g/mol. The fraction of sp³-hybridized carbons (Fsp3) is 0.714. The summed E-state index contributed by atoms with van der Waals surface area (Å²) in [5.74, 6) is -0.756. The third-order valence-electron chi connectivity index (χ3n) is 1.78. The van der Waals surface area contributed by atoms with Crippen LogP contribution in [0.4, 0.5) is 0 Å². The summed E-state index contributed by atoms with van der Waals surface area (Å²) in [5, 5.41) is 11.1. The monoisotopic (exact) mass is 173 g/mol. The summed E-state index contributed by atoms with van der Waals surface area (Å²) in [6.45, 7) is 4.07. The summed E-state index contributed by atoms with van der Waals surface area (Å²) >= 11 is 0. The average molecular weight is 173 g/mol. The van der Waals surface area contributed by atoms with Gasteiger partial charge in [-0.05, 0) is 13.8 Å². The first-order valence-corrected chi connectivity index (χ1v) is 3.77. The second kappa shape index (κ2) is 4.58. The van der Waals surface area contributed by atoms with Gasteiger partial charge in [-0.3, -0.25) is 4.79 Å². The van der Waals surface area contributed by atoms with Crippen LogP contribution in [-0.2, 0) is 4.79 Å². The summed E-state index contributed by atoms with van der Waals surface area (Å²) in [4.78, 5) is 12.8. The van der Waals surface area contributed by atoms with Crippen LogP contribution >= 0.6 is 0 Å². The van der Waals surface area contributed by atoms with Crippen molar-refractivity contribution in [3.05, 3.63) is 0 Å². The molecule has 0 aromatic rings. The van der Waals surface area contributed by atoms with E-state index in [1.54, 1.807) is 14.0 Å². The van der Waals surface area contributed by atoms with Gasteiger partial charge in [0.1, 0.15) is 0 Å². The molecule has 0 rings (SSSR count). The highest BCUT2D eigenvalue weighted by molar-refractivity contribution is 6.01. The summed E-state index contributed by atoms with van der Waals surface area (Å²) < 4.78 is 0. The Morgan fingerprint density at radius 2 is 2.25 bits per heavy atom. The second-order valence-electron chi connectivity index (χ2n) is 2.60. The summed E-state index contributed by atoms with van der Waals surface area (Å²) in [7, 11) is 1.67. The number of carbonyl (C=O) groups is 1. The molecule has 1 amide bonds. The van der Waals surface area contributed by atoms with Crippen molar-refractivity contribution in [3.63, 3.8) is 0 Å². The van der Waals surface area contributed by atoms with Gasteiger partial charge in [0.15, 0.2) is 5.84 Å². The van der Waals surface area contributed by atoms with Gasteiger partial charge in [-0.15, -0.1) is 0 Å². The van der Waals surface area contributed by atoms with Crippen LogP contribution in [-0.4, -0.2) is 35.4 Å². The zero-order valence-corrected chi connectivity index (χ0v) is 7.61. The maximum absolute atomic E-state index is 11.3. The minimum atomic E-state index is -0.556. The fourth-order valence-corrected chi connectivity index (χ4v) is 0.700. The van der Waals surface area contributed by atoms with Crippen LogP contribution in [0.3, 0.4) is 0 Å². The Kier molecular flexibility index (Phi) is 4.10. The van der Waals surface area contributed by atoms with E-state index in [2.05, 4.69) is 5.16 Å². The Bertz CT molecular complexity index is 191. The molecule has 0 spiro atoms. The normalized spacial score (nSPS) is 14.1. The molecule has 0 heterocycles. The maximum Gasteiger partial charge on any atom is 0.232 e. The number of nitrogens with zero attached hydrogens (tertiary/aromatic N) is 2. The molecule has 12 heavy (non-hydrogen) atoms. The minimum Gasteiger partial charge on any atom is -0.409 e. The van der Waals surface area contributed by atoms with Crippen molar-refractivity contribution >= 4 is 11.7 Å². The lowest BCUT2D eigenvalue weighted by atomic mass is 10.1. The Balaban J connectivity index is 4.29. The van der Waals surface area contributed by atoms with Gasteiger partial charge in [0, 0.05) is 13.6 Å². The Morgan fingerprint density at radius 1 is 1.75 bits per heavy atom. The van der Waals surface area contributed by atoms with Crippen molar-refractivity contribution in [2.24, 2.45) is 16.8 Å². The third kappa shape index (κ3) is 2.41. The van der Waals surface area contributed by atoms with Gasteiger partial charge < -0.3 is 15.8 Å². The molecule has 5 nitrogen and oxygen atoms in total. The van der Waals surface area contributed by atoms with Gasteiger partial charge in [-0.1, -0.05) is 5.16 Å². The third-order valence-corrected chi connectivity index (χ3v) is 1.78. The number of amides is 1. The van der Waals surface area contributed by atoms with Crippen LogP contribution in [0.1, 0.15) is 13.8 Å². The SMILES string of the molecule is CCN(C)C(=O)C(C)C(N)=NO. The first kappa shape index (κ1) is 10.7. The van der Waals surface area contributed by atoms with E-state index < -0.39 is 5.92 Å². The zero-order valence-electron chi connectivity index (χ0n) is 7.61. The molecule has 0 saturated carbocycles. The average Bonchev–Trinajstić information content (AvgIpc) is 2.12. The van der Waals surface area contributed by atoms with Crippen LogP contribution in [0.5, 0.6) is 0 Å². The molecule has 0 aromatic carbocycles. The molecule has 1 unspecified atom stereocenters. The van der Waals surface area contributed by atoms with Gasteiger partial charge in [0.25, 0.3) is 0 Å². The molecule has 0 aliphatic heterocycles. The molecule has 70 valence electrons. The van der Waals surface area contributed by atoms with Crippen molar-refractivity contribution < 1.29 is 10.0 Å². The highest BCUT2D eigenvalue weighted by Gasteiger charge is 2.19. The van der Waals surface area contributed by atoms with E-state index >= 15 is 0 Å². The van der Waals surface area contributed by atoms with Crippen molar-refractivity contribution in [1.82, 2.24) is 4.90 Å². The Hall–Kier alpha value is -1.26. The second-order valence-corrected chi connectivity index (χ2v) is 2.60. The largest absolute Gasteiger partial charge is 0.409 e. The van der Waals surface area contributed by atoms with Crippen molar-refractivity contribution in [1.29, 1.82) is 0 Å². The van der Waals surface area contributed by atoms with Crippen molar-refractivity contribution in [3.8, 4) is 0 Å². The number of amidine groups is 1. The highest BCUT2D eigenvalue weighted by Crippen LogP contribution is 2.00. The van der Waals surface area contributed by atoms with Gasteiger partial charge in [-0.2, -0.15) is 0 Å². The van der Waals surface area contributed by atoms with E-state index in [0.29, 0.717) is 6.54 Å². The Morgan fingerprint density at radius 3 is 2.58 bits per heavy atom. The van der Waals surface area contributed by atoms with Crippen LogP contribution in [0.25, 0.3) is 0 Å². The quantitative estimate of drug-likeness (QED) is 0.269. The van der Waals surface area contributed by atoms with Crippen molar-refractivity contribution in [2.45, 2.75) is 13.8 Å². The number of hydrogen-bond acceptors (Lipinski definition) is 3. The smallest absolute Gasteiger partial charge is 0.232 e. The number of carbonyl (C=O) groups excluding carboxylic acids is 1. The van der Waals surface area contributed by atoms with E-state index in [1.807, 2.05) is 6.92 Å². The van der Waals surface area contributed by atoms with Gasteiger partial charge >= 0.3 is 0 Å². The van der Waals surface area contributed by atoms with E-state index in [4.69, 9.17) is 10.9 Å². The summed E-state index contributed by atoms with van der Waals surface area (Å²) in [6, 6.07) is 0. The van der Waals surface area contributed by atoms with Crippen LogP contribution in [0, 0.1) is 5.92 Å². The standard InChI is InChI=1S/C7H15N3O2/c1-4-10(3)7(11)5(2)6(8)9-12/h5,12H,4H2,1-3H3,(H2,8,9). The minimum absolute atomic E-state index is 0.0553. The van der Waals surface area contributed by atoms with Gasteiger partial charge in [0.05, 0.1) is 5.92 Å². The molecule has 0 bridgehead atoms. The number of nitrogens with two attached hydrogens (primary N) is 1. The van der Waals surface area contributed by atoms with E-state index in [1.165, 1.54) is 4.90 Å². The molecule has 3 N–H and O–H groups in total. The summed E-state index contributed by atoms with van der Waals surface area (Å²) in [5.41, 5.74) is 5.26. The zero-order chi connectivity index (χ0) is 9.72.